The van der Waals surface area contributed by atoms with E-state index in [2.05, 4.69) is 25.8 Å². The van der Waals surface area contributed by atoms with E-state index in [-0.39, 0.29) is 81.9 Å². The number of nitrogens with two attached hydrogens (primary N) is 1. The van der Waals surface area contributed by atoms with Gasteiger partial charge in [0.05, 0.1) is 52.9 Å². The zero-order valence-electron chi connectivity index (χ0n) is 29.3. The third-order valence-corrected chi connectivity index (χ3v) is 12.9. The van der Waals surface area contributed by atoms with Crippen LogP contribution in [0, 0.1) is 23.0 Å². The number of aliphatic hydroxyl groups excluding tert-OH is 1. The third-order valence-electron chi connectivity index (χ3n) is 11.8. The van der Waals surface area contributed by atoms with E-state index in [4.69, 9.17) is 35.0 Å². The molecule has 0 radical (unpaired) electrons. The van der Waals surface area contributed by atoms with Crippen molar-refractivity contribution in [3.05, 3.63) is 34.5 Å². The number of hydrogen-bond donors (Lipinski definition) is 2. The number of aromatic nitrogens is 3. The standard InChI is InChI=1S/C37H41F3N8O4S/c38-20-11-37(5-1-6-47(37)14-20)19-52-36-44-32-29(35(45-36)48-21-3-4-22(48)16-46(15-21)7-10-50-9-2-8-49)25-18-51-17-24(25)27(30(32)40)31-28-23(12-41)34(42)53-33(28)26(39)13-43-31/h13,20-22,49H,1-11,14-19,42H2/t20-,21?,22?,37+/m1/s1. The van der Waals surface area contributed by atoms with Crippen molar-refractivity contribution >= 4 is 43.1 Å². The van der Waals surface area contributed by atoms with Gasteiger partial charge >= 0.3 is 6.01 Å². The molecule has 12 nitrogen and oxygen atoms in total. The van der Waals surface area contributed by atoms with Crippen molar-refractivity contribution in [3.63, 3.8) is 0 Å². The van der Waals surface area contributed by atoms with Crippen molar-refractivity contribution in [1.29, 1.82) is 5.26 Å². The van der Waals surface area contributed by atoms with E-state index >= 15 is 8.78 Å². The SMILES string of the molecule is N#Cc1c(N)sc2c(F)cnc(-c3c4c(c5c(N6C7CCC6CN(CCOCCCO)C7)nc(OC[C@@]67CCCN6C[C@H](F)C7)nc5c3F)COC4)c12. The Kier molecular flexibility index (Phi) is 9.07. The first kappa shape index (κ1) is 34.9. The highest BCUT2D eigenvalue weighted by Crippen LogP contribution is 2.48. The fraction of sp³-hybridized carbons (Fsp3) is 0.568. The molecule has 4 atom stereocenters. The molecule has 9 rings (SSSR count). The van der Waals surface area contributed by atoms with E-state index in [1.807, 2.05) is 0 Å². The van der Waals surface area contributed by atoms with Crippen LogP contribution in [-0.4, -0.2) is 113 Å². The van der Waals surface area contributed by atoms with E-state index in [9.17, 15) is 9.65 Å². The number of nitriles is 1. The van der Waals surface area contributed by atoms with Gasteiger partial charge < -0.3 is 30.0 Å². The number of anilines is 2. The Morgan fingerprint density at radius 2 is 1.92 bits per heavy atom. The average Bonchev–Trinajstić information content (AvgIpc) is 3.96. The minimum atomic E-state index is -0.939. The van der Waals surface area contributed by atoms with Gasteiger partial charge in [0, 0.05) is 68.8 Å². The van der Waals surface area contributed by atoms with Crippen LogP contribution in [0.2, 0.25) is 0 Å². The molecule has 3 N–H and O–H groups in total. The molecule has 5 aliphatic heterocycles. The number of halogens is 3. The minimum Gasteiger partial charge on any atom is -0.461 e. The van der Waals surface area contributed by atoms with Crippen LogP contribution < -0.4 is 15.4 Å². The lowest BCUT2D eigenvalue weighted by atomic mass is 9.93. The van der Waals surface area contributed by atoms with Gasteiger partial charge in [-0.2, -0.15) is 15.2 Å². The van der Waals surface area contributed by atoms with Crippen LogP contribution >= 0.6 is 11.3 Å². The summed E-state index contributed by atoms with van der Waals surface area (Å²) in [4.78, 5) is 21.0. The lowest BCUT2D eigenvalue weighted by Gasteiger charge is -2.42. The Morgan fingerprint density at radius 3 is 2.72 bits per heavy atom. The summed E-state index contributed by atoms with van der Waals surface area (Å²) in [6.45, 7) is 5.08. The molecule has 3 aromatic heterocycles. The van der Waals surface area contributed by atoms with Gasteiger partial charge in [0.25, 0.3) is 0 Å². The Morgan fingerprint density at radius 1 is 1.11 bits per heavy atom. The van der Waals surface area contributed by atoms with Crippen LogP contribution in [0.1, 0.15) is 55.2 Å². The summed E-state index contributed by atoms with van der Waals surface area (Å²) >= 11 is 0.928. The molecule has 4 saturated heterocycles. The zero-order chi connectivity index (χ0) is 36.4. The predicted molar refractivity (Wildman–Crippen MR) is 192 cm³/mol. The minimum absolute atomic E-state index is 0.00793. The molecule has 0 saturated carbocycles. The van der Waals surface area contributed by atoms with Crippen LogP contribution in [0.5, 0.6) is 6.01 Å². The monoisotopic (exact) mass is 750 g/mol. The number of ether oxygens (including phenoxy) is 3. The maximum absolute atomic E-state index is 17.6. The van der Waals surface area contributed by atoms with E-state index in [0.29, 0.717) is 49.4 Å². The third kappa shape index (κ3) is 5.78. The van der Waals surface area contributed by atoms with E-state index in [1.165, 1.54) is 0 Å². The molecule has 2 unspecified atom stereocenters. The van der Waals surface area contributed by atoms with Gasteiger partial charge in [-0.3, -0.25) is 14.8 Å². The summed E-state index contributed by atoms with van der Waals surface area (Å²) in [6, 6.07) is 2.26. The molecule has 4 aromatic rings. The van der Waals surface area contributed by atoms with E-state index in [0.717, 1.165) is 75.0 Å². The highest BCUT2D eigenvalue weighted by Gasteiger charge is 2.50. The molecule has 4 fully saturated rings. The van der Waals surface area contributed by atoms with Crippen molar-refractivity contribution in [2.24, 2.45) is 0 Å². The fourth-order valence-corrected chi connectivity index (χ4v) is 10.4. The average molecular weight is 751 g/mol. The smallest absolute Gasteiger partial charge is 0.319 e. The number of thiophene rings is 1. The highest BCUT2D eigenvalue weighted by molar-refractivity contribution is 7.23. The number of rotatable bonds is 11. The zero-order valence-corrected chi connectivity index (χ0v) is 30.1. The van der Waals surface area contributed by atoms with Crippen molar-refractivity contribution in [1.82, 2.24) is 24.8 Å². The molecule has 16 heteroatoms. The van der Waals surface area contributed by atoms with Gasteiger partial charge in [-0.15, -0.1) is 11.3 Å². The second-order valence-corrected chi connectivity index (χ2v) is 16.0. The predicted octanol–water partition coefficient (Wildman–Crippen LogP) is 4.68. The molecule has 0 spiro atoms. The number of hydrogen-bond acceptors (Lipinski definition) is 13. The van der Waals surface area contributed by atoms with Gasteiger partial charge in [0.2, 0.25) is 0 Å². The van der Waals surface area contributed by atoms with Gasteiger partial charge in [-0.1, -0.05) is 0 Å². The maximum atomic E-state index is 17.6. The molecule has 5 aliphatic rings. The first-order valence-electron chi connectivity index (χ1n) is 18.4. The lowest BCUT2D eigenvalue weighted by Crippen LogP contribution is -2.54. The van der Waals surface area contributed by atoms with Crippen LogP contribution in [-0.2, 0) is 22.7 Å². The first-order chi connectivity index (χ1) is 25.8. The number of piperazine rings is 1. The summed E-state index contributed by atoms with van der Waals surface area (Å²) in [7, 11) is 0. The van der Waals surface area contributed by atoms with Crippen LogP contribution in [0.3, 0.4) is 0 Å². The van der Waals surface area contributed by atoms with Crippen molar-refractivity contribution in [2.45, 2.75) is 75.5 Å². The molecule has 53 heavy (non-hydrogen) atoms. The number of benzene rings is 1. The highest BCUT2D eigenvalue weighted by atomic mass is 32.1. The van der Waals surface area contributed by atoms with Crippen molar-refractivity contribution < 1.29 is 32.5 Å². The Labute approximate surface area is 308 Å². The fourth-order valence-electron chi connectivity index (χ4n) is 9.51. The number of likely N-dealkylation sites (tertiary alicyclic amines) is 1. The van der Waals surface area contributed by atoms with Crippen LogP contribution in [0.4, 0.5) is 24.0 Å². The summed E-state index contributed by atoms with van der Waals surface area (Å²) in [5.74, 6) is -0.762. The van der Waals surface area contributed by atoms with Crippen molar-refractivity contribution in [2.75, 3.05) is 69.8 Å². The number of alkyl halides is 1. The number of aliphatic hydroxyl groups is 1. The Bertz CT molecular complexity index is 2120. The molecule has 8 heterocycles. The molecular formula is C37H41F3N8O4S. The molecule has 1 aromatic carbocycles. The van der Waals surface area contributed by atoms with Gasteiger partial charge in [0.15, 0.2) is 11.6 Å². The molecule has 0 amide bonds. The normalized spacial score (nSPS) is 25.5. The number of pyridine rings is 1. The molecule has 0 aliphatic carbocycles. The molecular weight excluding hydrogens is 710 g/mol. The quantitative estimate of drug-likeness (QED) is 0.206. The number of fused-ring (bicyclic) bond motifs is 7. The maximum Gasteiger partial charge on any atom is 0.319 e. The first-order valence-corrected chi connectivity index (χ1v) is 19.2. The summed E-state index contributed by atoms with van der Waals surface area (Å²) in [5, 5.41) is 19.9. The van der Waals surface area contributed by atoms with Gasteiger partial charge in [-0.25, -0.2) is 13.2 Å². The summed E-state index contributed by atoms with van der Waals surface area (Å²) < 4.78 is 65.6. The van der Waals surface area contributed by atoms with Crippen LogP contribution in [0.25, 0.3) is 32.2 Å². The van der Waals surface area contributed by atoms with Crippen LogP contribution in [0.15, 0.2) is 6.20 Å². The number of nitrogen functional groups attached to an aromatic ring is 1. The summed E-state index contributed by atoms with van der Waals surface area (Å²) in [5.41, 5.74) is 7.22. The van der Waals surface area contributed by atoms with Crippen molar-refractivity contribution in [3.8, 4) is 23.3 Å². The molecule has 2 bridgehead atoms. The lowest BCUT2D eigenvalue weighted by molar-refractivity contribution is 0.0848. The van der Waals surface area contributed by atoms with E-state index < -0.39 is 23.3 Å². The summed E-state index contributed by atoms with van der Waals surface area (Å²) in [6.07, 6.45) is 4.66. The topological polar surface area (TPSA) is 146 Å². The van der Waals surface area contributed by atoms with Gasteiger partial charge in [-0.05, 0) is 49.8 Å². The Balaban J connectivity index is 1.17. The molecule has 280 valence electrons. The second-order valence-electron chi connectivity index (χ2n) is 14.9. The second kappa shape index (κ2) is 13.8. The van der Waals surface area contributed by atoms with E-state index in [1.54, 1.807) is 0 Å². The Hall–Kier alpha value is -3.85. The number of nitrogens with zero attached hydrogens (tertiary/aromatic N) is 7. The van der Waals surface area contributed by atoms with Gasteiger partial charge in [0.1, 0.15) is 35.2 Å². The largest absolute Gasteiger partial charge is 0.461 e.